The van der Waals surface area contributed by atoms with E-state index in [1.54, 1.807) is 11.2 Å². The van der Waals surface area contributed by atoms with Crippen molar-refractivity contribution in [2.24, 2.45) is 0 Å². The van der Waals surface area contributed by atoms with E-state index in [2.05, 4.69) is 19.9 Å². The van der Waals surface area contributed by atoms with Crippen molar-refractivity contribution in [2.45, 2.75) is 31.3 Å². The highest BCUT2D eigenvalue weighted by Crippen LogP contribution is 2.35. The number of hydrogen-bond acceptors (Lipinski definition) is 4. The van der Waals surface area contributed by atoms with Gasteiger partial charge in [0.15, 0.2) is 0 Å². The lowest BCUT2D eigenvalue weighted by atomic mass is 9.96. The van der Waals surface area contributed by atoms with Crippen LogP contribution in [-0.2, 0) is 0 Å². The Labute approximate surface area is 121 Å². The van der Waals surface area contributed by atoms with Crippen LogP contribution in [0.2, 0.25) is 0 Å². The number of amides is 1. The van der Waals surface area contributed by atoms with Gasteiger partial charge in [0, 0.05) is 19.3 Å². The van der Waals surface area contributed by atoms with Crippen molar-refractivity contribution in [3.8, 4) is 0 Å². The van der Waals surface area contributed by atoms with E-state index >= 15 is 0 Å². The van der Waals surface area contributed by atoms with Crippen LogP contribution in [0, 0.1) is 0 Å². The number of carbonyl (C=O) groups is 1. The van der Waals surface area contributed by atoms with Crippen molar-refractivity contribution in [1.29, 1.82) is 0 Å². The number of nitrogens with one attached hydrogen (secondary N) is 1. The van der Waals surface area contributed by atoms with Gasteiger partial charge in [-0.2, -0.15) is 0 Å². The van der Waals surface area contributed by atoms with E-state index in [1.807, 2.05) is 12.3 Å². The van der Waals surface area contributed by atoms with Gasteiger partial charge in [-0.05, 0) is 25.3 Å². The minimum absolute atomic E-state index is 0.0835. The Balaban J connectivity index is 1.72. The quantitative estimate of drug-likeness (QED) is 0.833. The molecule has 0 aromatic carbocycles. The number of aromatic nitrogens is 3. The van der Waals surface area contributed by atoms with Crippen molar-refractivity contribution >= 4 is 22.9 Å². The van der Waals surface area contributed by atoms with Crippen LogP contribution >= 0.6 is 0 Å². The summed E-state index contributed by atoms with van der Waals surface area (Å²) in [5.74, 6) is 0.920. The molecule has 2 aromatic heterocycles. The summed E-state index contributed by atoms with van der Waals surface area (Å²) in [4.78, 5) is 27.0. The third kappa shape index (κ3) is 1.84. The molecule has 21 heavy (non-hydrogen) atoms. The molecule has 0 aliphatic carbocycles. The summed E-state index contributed by atoms with van der Waals surface area (Å²) in [7, 11) is 0. The molecule has 110 valence electrons. The molecular weight excluding hydrogens is 270 g/mol. The third-order valence-corrected chi connectivity index (χ3v) is 4.66. The van der Waals surface area contributed by atoms with E-state index in [4.69, 9.17) is 0 Å². The molecule has 2 aromatic rings. The second-order valence-corrected chi connectivity index (χ2v) is 5.67. The Morgan fingerprint density at radius 1 is 1.29 bits per heavy atom. The van der Waals surface area contributed by atoms with Crippen LogP contribution in [0.3, 0.4) is 0 Å². The number of likely N-dealkylation sites (tertiary alicyclic amines) is 1. The van der Waals surface area contributed by atoms with Crippen molar-refractivity contribution < 1.29 is 9.90 Å². The van der Waals surface area contributed by atoms with E-state index in [-0.39, 0.29) is 12.1 Å². The number of fused-ring (bicyclic) bond motifs is 2. The number of nitrogens with zero attached hydrogens (tertiary/aromatic N) is 4. The Hall–Kier alpha value is -2.31. The van der Waals surface area contributed by atoms with E-state index in [0.717, 1.165) is 42.7 Å². The standard InChI is InChI=1S/C14H17N5O2/c20-14(21)19-7-4-11-10(19)2-1-6-18(11)13-9-3-5-15-12(9)16-8-17-13/h3,5,8,10-11H,1-2,4,6-7H2,(H,20,21)(H,15,16,17). The maximum absolute atomic E-state index is 11.3. The Bertz CT molecular complexity index is 685. The first-order valence-electron chi connectivity index (χ1n) is 7.30. The highest BCUT2D eigenvalue weighted by Gasteiger charge is 2.43. The summed E-state index contributed by atoms with van der Waals surface area (Å²) in [5, 5.41) is 10.3. The van der Waals surface area contributed by atoms with Crippen LogP contribution in [0.4, 0.5) is 10.6 Å². The number of hydrogen-bond donors (Lipinski definition) is 2. The fraction of sp³-hybridized carbons (Fsp3) is 0.500. The Morgan fingerprint density at radius 3 is 3.05 bits per heavy atom. The summed E-state index contributed by atoms with van der Waals surface area (Å²) < 4.78 is 0. The van der Waals surface area contributed by atoms with Gasteiger partial charge in [-0.1, -0.05) is 0 Å². The van der Waals surface area contributed by atoms with Gasteiger partial charge >= 0.3 is 6.09 Å². The number of H-pyrrole nitrogens is 1. The van der Waals surface area contributed by atoms with Crippen LogP contribution in [0.5, 0.6) is 0 Å². The summed E-state index contributed by atoms with van der Waals surface area (Å²) >= 11 is 0. The van der Waals surface area contributed by atoms with Gasteiger partial charge in [-0.15, -0.1) is 0 Å². The molecule has 0 spiro atoms. The maximum Gasteiger partial charge on any atom is 0.407 e. The second kappa shape index (κ2) is 4.61. The molecule has 2 atom stereocenters. The molecule has 2 saturated heterocycles. The molecule has 2 aliphatic heterocycles. The minimum Gasteiger partial charge on any atom is -0.465 e. The van der Waals surface area contributed by atoms with Crippen LogP contribution in [-0.4, -0.2) is 56.2 Å². The fourth-order valence-electron chi connectivity index (χ4n) is 3.77. The first kappa shape index (κ1) is 12.4. The topological polar surface area (TPSA) is 85.3 Å². The predicted molar refractivity (Wildman–Crippen MR) is 77.4 cm³/mol. The van der Waals surface area contributed by atoms with E-state index in [1.165, 1.54) is 0 Å². The van der Waals surface area contributed by atoms with Crippen LogP contribution in [0.1, 0.15) is 19.3 Å². The molecule has 2 fully saturated rings. The van der Waals surface area contributed by atoms with Crippen molar-refractivity contribution in [2.75, 3.05) is 18.0 Å². The first-order valence-corrected chi connectivity index (χ1v) is 7.30. The van der Waals surface area contributed by atoms with Crippen molar-refractivity contribution in [1.82, 2.24) is 19.9 Å². The monoisotopic (exact) mass is 287 g/mol. The molecule has 4 rings (SSSR count). The molecule has 0 radical (unpaired) electrons. The molecule has 1 amide bonds. The summed E-state index contributed by atoms with van der Waals surface area (Å²) in [6, 6.07) is 2.29. The van der Waals surface area contributed by atoms with E-state index in [9.17, 15) is 9.90 Å². The second-order valence-electron chi connectivity index (χ2n) is 5.67. The van der Waals surface area contributed by atoms with Gasteiger partial charge in [-0.25, -0.2) is 14.8 Å². The van der Waals surface area contributed by atoms with Crippen LogP contribution < -0.4 is 4.90 Å². The van der Waals surface area contributed by atoms with Crippen LogP contribution in [0.25, 0.3) is 11.0 Å². The molecule has 4 heterocycles. The molecule has 7 heteroatoms. The van der Waals surface area contributed by atoms with Gasteiger partial charge in [0.05, 0.1) is 17.5 Å². The zero-order chi connectivity index (χ0) is 14.4. The average molecular weight is 287 g/mol. The van der Waals surface area contributed by atoms with Crippen molar-refractivity contribution in [3.63, 3.8) is 0 Å². The normalized spacial score (nSPS) is 25.3. The summed E-state index contributed by atoms with van der Waals surface area (Å²) in [5.41, 5.74) is 0.829. The molecular formula is C14H17N5O2. The molecule has 7 nitrogen and oxygen atoms in total. The van der Waals surface area contributed by atoms with Gasteiger partial charge in [0.25, 0.3) is 0 Å². The lowest BCUT2D eigenvalue weighted by molar-refractivity contribution is 0.132. The minimum atomic E-state index is -0.807. The summed E-state index contributed by atoms with van der Waals surface area (Å²) in [6.07, 6.45) is 5.42. The lowest BCUT2D eigenvalue weighted by Crippen LogP contribution is -2.51. The zero-order valence-corrected chi connectivity index (χ0v) is 11.6. The molecule has 0 saturated carbocycles. The molecule has 2 aliphatic rings. The molecule has 2 unspecified atom stereocenters. The smallest absolute Gasteiger partial charge is 0.407 e. The molecule has 2 N–H and O–H groups in total. The number of aromatic amines is 1. The zero-order valence-electron chi connectivity index (χ0n) is 11.6. The average Bonchev–Trinajstić information content (AvgIpc) is 3.12. The van der Waals surface area contributed by atoms with Gasteiger partial charge in [0.1, 0.15) is 17.8 Å². The number of rotatable bonds is 1. The fourth-order valence-corrected chi connectivity index (χ4v) is 3.77. The maximum atomic E-state index is 11.3. The summed E-state index contributed by atoms with van der Waals surface area (Å²) in [6.45, 7) is 1.54. The highest BCUT2D eigenvalue weighted by atomic mass is 16.4. The first-order chi connectivity index (χ1) is 10.3. The number of piperidine rings is 1. The van der Waals surface area contributed by atoms with E-state index < -0.39 is 6.09 Å². The molecule has 0 bridgehead atoms. The largest absolute Gasteiger partial charge is 0.465 e. The Morgan fingerprint density at radius 2 is 2.19 bits per heavy atom. The third-order valence-electron chi connectivity index (χ3n) is 4.66. The number of carboxylic acid groups (broad SMARTS) is 1. The highest BCUT2D eigenvalue weighted by molar-refractivity contribution is 5.87. The van der Waals surface area contributed by atoms with Gasteiger partial charge in [0.2, 0.25) is 0 Å². The van der Waals surface area contributed by atoms with Crippen molar-refractivity contribution in [3.05, 3.63) is 18.6 Å². The lowest BCUT2D eigenvalue weighted by Gasteiger charge is -2.40. The number of anilines is 1. The van der Waals surface area contributed by atoms with Gasteiger partial charge in [-0.3, -0.25) is 0 Å². The van der Waals surface area contributed by atoms with E-state index in [0.29, 0.717) is 6.54 Å². The van der Waals surface area contributed by atoms with Gasteiger partial charge < -0.3 is 19.9 Å². The SMILES string of the molecule is O=C(O)N1CCC2C1CCCN2c1ncnc2[nH]ccc12. The predicted octanol–water partition coefficient (Wildman–Crippen LogP) is 1.68. The Kier molecular flexibility index (Phi) is 2.73. The van der Waals surface area contributed by atoms with Crippen LogP contribution in [0.15, 0.2) is 18.6 Å².